The minimum absolute atomic E-state index is 0.0634. The van der Waals surface area contributed by atoms with E-state index in [9.17, 15) is 5.26 Å². The van der Waals surface area contributed by atoms with Crippen LogP contribution in [0, 0.1) is 17.9 Å². The van der Waals surface area contributed by atoms with Crippen LogP contribution in [-0.4, -0.2) is 6.71 Å². The van der Waals surface area contributed by atoms with Gasteiger partial charge in [-0.05, 0) is 95.3 Å². The van der Waals surface area contributed by atoms with Crippen LogP contribution in [0.3, 0.4) is 0 Å². The van der Waals surface area contributed by atoms with E-state index in [1.54, 1.807) is 0 Å². The Labute approximate surface area is 253 Å². The molecule has 2 aliphatic heterocycles. The van der Waals surface area contributed by atoms with Crippen molar-refractivity contribution in [1.82, 2.24) is 0 Å². The first kappa shape index (κ1) is 25.5. The summed E-state index contributed by atoms with van der Waals surface area (Å²) in [6.45, 7) is 7.79. The minimum atomic E-state index is 0.0634. The van der Waals surface area contributed by atoms with Gasteiger partial charge in [0.15, 0.2) is 5.69 Å². The third-order valence-corrected chi connectivity index (χ3v) is 9.43. The van der Waals surface area contributed by atoms with E-state index in [-0.39, 0.29) is 6.71 Å². The zero-order valence-corrected chi connectivity index (χ0v) is 23.9. The Bertz CT molecular complexity index is 1850. The standard InChI is InChI=1S/C38H29BN4/c1-41-29-14-10-16-31(24-29)43-35-20-8-6-18-33(35)39-32-17-5-7-19-34(32)42(30-15-9-11-26(21-30)25-40)36-22-28(23-37(43)38(36)39)27-12-3-2-4-13-27/h5-11,14-24,27H,2-4,12-13H2. The monoisotopic (exact) mass is 552 g/mol. The van der Waals surface area contributed by atoms with Gasteiger partial charge < -0.3 is 9.80 Å². The van der Waals surface area contributed by atoms with Crippen molar-refractivity contribution in [3.63, 3.8) is 0 Å². The Morgan fingerprint density at radius 1 is 0.674 bits per heavy atom. The highest BCUT2D eigenvalue weighted by molar-refractivity contribution is 7.00. The van der Waals surface area contributed by atoms with Crippen molar-refractivity contribution < 1.29 is 0 Å². The number of fused-ring (bicyclic) bond motifs is 4. The molecule has 43 heavy (non-hydrogen) atoms. The van der Waals surface area contributed by atoms with Crippen LogP contribution in [0.5, 0.6) is 0 Å². The molecule has 204 valence electrons. The van der Waals surface area contributed by atoms with Gasteiger partial charge in [-0.15, -0.1) is 0 Å². The second-order valence-electron chi connectivity index (χ2n) is 11.8. The van der Waals surface area contributed by atoms with Crippen LogP contribution in [0.15, 0.2) is 109 Å². The van der Waals surface area contributed by atoms with Crippen molar-refractivity contribution in [3.8, 4) is 6.07 Å². The number of nitriles is 1. The molecule has 0 unspecified atom stereocenters. The summed E-state index contributed by atoms with van der Waals surface area (Å²) in [4.78, 5) is 8.53. The second-order valence-corrected chi connectivity index (χ2v) is 11.8. The SMILES string of the molecule is [C-]#[N+]c1cccc(N2c3ccccc3B3c4ccccc4N(c4cccc(C#N)c4)c4cc(C5CCCCC5)cc2c43)c1. The Hall–Kier alpha value is -5.26. The van der Waals surface area contributed by atoms with E-state index in [1.165, 1.54) is 65.4 Å². The van der Waals surface area contributed by atoms with Crippen molar-refractivity contribution in [2.45, 2.75) is 38.0 Å². The molecule has 5 heteroatoms. The van der Waals surface area contributed by atoms with Gasteiger partial charge in [-0.3, -0.25) is 0 Å². The molecule has 1 fully saturated rings. The fraction of sp³-hybridized carbons (Fsp3) is 0.158. The Balaban J connectivity index is 1.47. The molecule has 0 saturated heterocycles. The minimum Gasteiger partial charge on any atom is -0.313 e. The van der Waals surface area contributed by atoms with Gasteiger partial charge in [0.1, 0.15) is 0 Å². The summed E-state index contributed by atoms with van der Waals surface area (Å²) in [7, 11) is 0. The van der Waals surface area contributed by atoms with Crippen molar-refractivity contribution in [1.29, 1.82) is 5.26 Å². The van der Waals surface area contributed by atoms with Crippen LogP contribution in [0.25, 0.3) is 4.85 Å². The van der Waals surface area contributed by atoms with E-state index in [4.69, 9.17) is 6.57 Å². The summed E-state index contributed by atoms with van der Waals surface area (Å²) in [5, 5.41) is 9.82. The maximum Gasteiger partial charge on any atom is 0.252 e. The first-order valence-corrected chi connectivity index (χ1v) is 15.2. The summed E-state index contributed by atoms with van der Waals surface area (Å²) in [6, 6.07) is 40.7. The largest absolute Gasteiger partial charge is 0.313 e. The third kappa shape index (κ3) is 4.04. The first-order valence-electron chi connectivity index (χ1n) is 15.2. The average molecular weight is 552 g/mol. The second kappa shape index (κ2) is 10.2. The predicted molar refractivity (Wildman–Crippen MR) is 177 cm³/mol. The Morgan fingerprint density at radius 3 is 1.91 bits per heavy atom. The van der Waals surface area contributed by atoms with Crippen LogP contribution < -0.4 is 26.2 Å². The molecule has 1 saturated carbocycles. The molecule has 4 nitrogen and oxygen atoms in total. The first-order chi connectivity index (χ1) is 21.2. The number of hydrogen-bond donors (Lipinski definition) is 0. The van der Waals surface area contributed by atoms with Crippen molar-refractivity contribution in [3.05, 3.63) is 132 Å². The van der Waals surface area contributed by atoms with Gasteiger partial charge in [0, 0.05) is 34.1 Å². The molecule has 0 spiro atoms. The van der Waals surface area contributed by atoms with Gasteiger partial charge in [-0.2, -0.15) is 5.26 Å². The number of hydrogen-bond acceptors (Lipinski definition) is 3. The molecule has 3 aliphatic rings. The van der Waals surface area contributed by atoms with Crippen molar-refractivity contribution in [2.75, 3.05) is 9.80 Å². The molecule has 5 aromatic rings. The summed E-state index contributed by atoms with van der Waals surface area (Å²) >= 11 is 0. The summed E-state index contributed by atoms with van der Waals surface area (Å²) < 4.78 is 0. The molecular formula is C38H29BN4. The molecular weight excluding hydrogens is 523 g/mol. The smallest absolute Gasteiger partial charge is 0.252 e. The van der Waals surface area contributed by atoms with Gasteiger partial charge in [0.05, 0.1) is 18.2 Å². The molecule has 0 N–H and O–H groups in total. The fourth-order valence-electron chi connectivity index (χ4n) is 7.56. The molecule has 0 amide bonds. The van der Waals surface area contributed by atoms with Crippen LogP contribution >= 0.6 is 0 Å². The maximum absolute atomic E-state index is 9.82. The third-order valence-electron chi connectivity index (χ3n) is 9.43. The quantitative estimate of drug-likeness (QED) is 0.164. The Morgan fingerprint density at radius 2 is 1.28 bits per heavy atom. The highest BCUT2D eigenvalue weighted by atomic mass is 15.2. The fourth-order valence-corrected chi connectivity index (χ4v) is 7.56. The summed E-state index contributed by atoms with van der Waals surface area (Å²) in [5.74, 6) is 0.506. The van der Waals surface area contributed by atoms with E-state index < -0.39 is 0 Å². The molecule has 2 heterocycles. The van der Waals surface area contributed by atoms with Crippen LogP contribution in [0.2, 0.25) is 0 Å². The van der Waals surface area contributed by atoms with E-state index >= 15 is 0 Å². The average Bonchev–Trinajstić information content (AvgIpc) is 3.08. The number of benzene rings is 5. The van der Waals surface area contributed by atoms with Crippen molar-refractivity contribution >= 4 is 62.9 Å². The number of nitrogens with zero attached hydrogens (tertiary/aromatic N) is 4. The predicted octanol–water partition coefficient (Wildman–Crippen LogP) is 8.24. The molecule has 1 aliphatic carbocycles. The number of anilines is 6. The maximum atomic E-state index is 9.82. The van der Waals surface area contributed by atoms with E-state index in [0.717, 1.165) is 22.7 Å². The molecule has 0 atom stereocenters. The van der Waals surface area contributed by atoms with Gasteiger partial charge in [-0.1, -0.05) is 73.9 Å². The van der Waals surface area contributed by atoms with E-state index in [1.807, 2.05) is 36.4 Å². The van der Waals surface area contributed by atoms with Gasteiger partial charge in [0.2, 0.25) is 0 Å². The lowest BCUT2D eigenvalue weighted by Gasteiger charge is -2.45. The highest BCUT2D eigenvalue weighted by Crippen LogP contribution is 2.47. The lowest BCUT2D eigenvalue weighted by molar-refractivity contribution is 0.444. The topological polar surface area (TPSA) is 34.6 Å². The molecule has 8 rings (SSSR count). The molecule has 0 radical (unpaired) electrons. The number of rotatable bonds is 3. The van der Waals surface area contributed by atoms with Crippen LogP contribution in [0.1, 0.15) is 49.1 Å². The van der Waals surface area contributed by atoms with Crippen LogP contribution in [-0.2, 0) is 0 Å². The summed E-state index contributed by atoms with van der Waals surface area (Å²) in [6.07, 6.45) is 6.23. The molecule has 5 aromatic carbocycles. The number of para-hydroxylation sites is 2. The highest BCUT2D eigenvalue weighted by Gasteiger charge is 2.43. The lowest BCUT2D eigenvalue weighted by Crippen LogP contribution is -2.61. The van der Waals surface area contributed by atoms with Gasteiger partial charge >= 0.3 is 0 Å². The molecule has 0 bridgehead atoms. The summed E-state index contributed by atoms with van der Waals surface area (Å²) in [5.41, 5.74) is 13.1. The van der Waals surface area contributed by atoms with E-state index in [0.29, 0.717) is 17.2 Å². The normalized spacial score (nSPS) is 15.2. The van der Waals surface area contributed by atoms with Crippen LogP contribution in [0.4, 0.5) is 39.8 Å². The molecule has 0 aromatic heterocycles. The van der Waals surface area contributed by atoms with Crippen molar-refractivity contribution in [2.24, 2.45) is 0 Å². The lowest BCUT2D eigenvalue weighted by atomic mass is 9.33. The zero-order valence-electron chi connectivity index (χ0n) is 23.9. The van der Waals surface area contributed by atoms with E-state index in [2.05, 4.69) is 93.5 Å². The Kier molecular flexibility index (Phi) is 6.06. The zero-order chi connectivity index (χ0) is 28.9. The van der Waals surface area contributed by atoms with Gasteiger partial charge in [-0.25, -0.2) is 4.85 Å². The van der Waals surface area contributed by atoms with Gasteiger partial charge in [0.25, 0.3) is 6.71 Å².